The Hall–Kier alpha value is -2.88. The topological polar surface area (TPSA) is 55.1 Å². The molecule has 0 aliphatic heterocycles. The maximum Gasteiger partial charge on any atom is 0.356 e. The minimum absolute atomic E-state index is 0.0443. The van der Waals surface area contributed by atoms with Gasteiger partial charge in [0.25, 0.3) is 0 Å². The predicted molar refractivity (Wildman–Crippen MR) is 90.1 cm³/mol. The monoisotopic (exact) mass is 306 g/mol. The molecule has 4 heteroatoms. The van der Waals surface area contributed by atoms with Crippen LogP contribution in [0.15, 0.2) is 54.6 Å². The lowest BCUT2D eigenvalue weighted by Crippen LogP contribution is -2.03. The Morgan fingerprint density at radius 2 is 1.83 bits per heavy atom. The van der Waals surface area contributed by atoms with Crippen LogP contribution >= 0.6 is 0 Å². The molecule has 0 saturated heterocycles. The third kappa shape index (κ3) is 2.88. The number of aromatic nitrogens is 2. The van der Waals surface area contributed by atoms with Crippen LogP contribution in [0.3, 0.4) is 0 Å². The third-order valence-electron chi connectivity index (χ3n) is 3.93. The highest BCUT2D eigenvalue weighted by atomic mass is 16.4. The number of benzene rings is 2. The van der Waals surface area contributed by atoms with E-state index in [0.717, 1.165) is 28.9 Å². The van der Waals surface area contributed by atoms with Crippen molar-refractivity contribution < 1.29 is 9.90 Å². The van der Waals surface area contributed by atoms with E-state index < -0.39 is 5.97 Å². The van der Waals surface area contributed by atoms with E-state index in [9.17, 15) is 9.90 Å². The molecule has 0 atom stereocenters. The van der Waals surface area contributed by atoms with Crippen LogP contribution in [0, 0.1) is 6.92 Å². The lowest BCUT2D eigenvalue weighted by Gasteiger charge is -2.10. The van der Waals surface area contributed by atoms with Gasteiger partial charge >= 0.3 is 5.97 Å². The number of carboxylic acids is 1. The molecule has 0 fully saturated rings. The van der Waals surface area contributed by atoms with Gasteiger partial charge in [0.05, 0.1) is 11.4 Å². The van der Waals surface area contributed by atoms with E-state index in [-0.39, 0.29) is 5.69 Å². The van der Waals surface area contributed by atoms with E-state index >= 15 is 0 Å². The lowest BCUT2D eigenvalue weighted by atomic mass is 10.1. The Kier molecular flexibility index (Phi) is 3.98. The quantitative estimate of drug-likeness (QED) is 0.789. The summed E-state index contributed by atoms with van der Waals surface area (Å²) in [5, 5.41) is 13.6. The van der Waals surface area contributed by atoms with E-state index in [0.29, 0.717) is 0 Å². The minimum atomic E-state index is -1.02. The van der Waals surface area contributed by atoms with E-state index in [1.807, 2.05) is 43.3 Å². The van der Waals surface area contributed by atoms with Gasteiger partial charge in [-0.25, -0.2) is 9.48 Å². The summed E-state index contributed by atoms with van der Waals surface area (Å²) >= 11 is 0. The summed E-state index contributed by atoms with van der Waals surface area (Å²) in [7, 11) is 0. The SMILES string of the molecule is CCc1ccc(-c2cc(C(=O)O)nn2-c2ccccc2C)cc1. The van der Waals surface area contributed by atoms with Gasteiger partial charge in [-0.05, 0) is 36.6 Å². The van der Waals surface area contributed by atoms with Crippen molar-refractivity contribution in [1.29, 1.82) is 0 Å². The van der Waals surface area contributed by atoms with Crippen molar-refractivity contribution in [2.75, 3.05) is 0 Å². The van der Waals surface area contributed by atoms with E-state index in [2.05, 4.69) is 24.2 Å². The number of hydrogen-bond acceptors (Lipinski definition) is 2. The van der Waals surface area contributed by atoms with Crippen LogP contribution in [0.2, 0.25) is 0 Å². The molecule has 3 rings (SSSR count). The molecular formula is C19H18N2O2. The fourth-order valence-electron chi connectivity index (χ4n) is 2.59. The first kappa shape index (κ1) is 15.0. The summed E-state index contributed by atoms with van der Waals surface area (Å²) in [6, 6.07) is 17.6. The Morgan fingerprint density at radius 1 is 1.13 bits per heavy atom. The van der Waals surface area contributed by atoms with Crippen molar-refractivity contribution in [3.63, 3.8) is 0 Å². The Labute approximate surface area is 135 Å². The third-order valence-corrected chi connectivity index (χ3v) is 3.93. The summed E-state index contributed by atoms with van der Waals surface area (Å²) in [5.41, 5.74) is 4.94. The number of para-hydroxylation sites is 1. The number of carbonyl (C=O) groups is 1. The van der Waals surface area contributed by atoms with Crippen LogP contribution in [0.1, 0.15) is 28.5 Å². The second-order valence-electron chi connectivity index (χ2n) is 5.47. The Bertz CT molecular complexity index is 848. The number of hydrogen-bond donors (Lipinski definition) is 1. The molecule has 3 aromatic rings. The highest BCUT2D eigenvalue weighted by Crippen LogP contribution is 2.26. The molecule has 0 bridgehead atoms. The molecular weight excluding hydrogens is 288 g/mol. The van der Waals surface area contributed by atoms with Crippen molar-refractivity contribution in [3.05, 3.63) is 71.4 Å². The maximum absolute atomic E-state index is 11.3. The molecule has 0 spiro atoms. The largest absolute Gasteiger partial charge is 0.476 e. The Morgan fingerprint density at radius 3 is 2.43 bits per heavy atom. The molecule has 0 unspecified atom stereocenters. The molecule has 0 aliphatic carbocycles. The van der Waals surface area contributed by atoms with Gasteiger partial charge in [0.15, 0.2) is 5.69 Å². The number of rotatable bonds is 4. The van der Waals surface area contributed by atoms with Crippen molar-refractivity contribution >= 4 is 5.97 Å². The first-order valence-electron chi connectivity index (χ1n) is 7.59. The zero-order chi connectivity index (χ0) is 16.4. The van der Waals surface area contributed by atoms with Crippen molar-refractivity contribution in [2.45, 2.75) is 20.3 Å². The molecule has 1 aromatic heterocycles. The van der Waals surface area contributed by atoms with Gasteiger partial charge < -0.3 is 5.11 Å². The van der Waals surface area contributed by atoms with Crippen LogP contribution < -0.4 is 0 Å². The molecule has 1 N–H and O–H groups in total. The molecule has 0 amide bonds. The normalized spacial score (nSPS) is 10.7. The molecule has 116 valence electrons. The molecule has 0 aliphatic rings. The second-order valence-corrected chi connectivity index (χ2v) is 5.47. The predicted octanol–water partition coefficient (Wildman–Crippen LogP) is 4.11. The van der Waals surface area contributed by atoms with Crippen LogP contribution in [0.4, 0.5) is 0 Å². The van der Waals surface area contributed by atoms with Gasteiger partial charge in [0.1, 0.15) is 0 Å². The highest BCUT2D eigenvalue weighted by molar-refractivity contribution is 5.87. The average molecular weight is 306 g/mol. The molecule has 0 saturated carbocycles. The number of nitrogens with zero attached hydrogens (tertiary/aromatic N) is 2. The van der Waals surface area contributed by atoms with Crippen LogP contribution in [-0.2, 0) is 6.42 Å². The maximum atomic E-state index is 11.3. The van der Waals surface area contributed by atoms with Crippen molar-refractivity contribution in [3.8, 4) is 16.9 Å². The summed E-state index contributed by atoms with van der Waals surface area (Å²) in [6.07, 6.45) is 0.970. The Balaban J connectivity index is 2.18. The van der Waals surface area contributed by atoms with E-state index in [1.54, 1.807) is 10.7 Å². The van der Waals surface area contributed by atoms with Gasteiger partial charge in [0.2, 0.25) is 0 Å². The van der Waals surface area contributed by atoms with Crippen LogP contribution in [0.5, 0.6) is 0 Å². The molecule has 4 nitrogen and oxygen atoms in total. The summed E-state index contributed by atoms with van der Waals surface area (Å²) in [5.74, 6) is -1.02. The lowest BCUT2D eigenvalue weighted by molar-refractivity contribution is 0.0690. The number of carboxylic acid groups (broad SMARTS) is 1. The van der Waals surface area contributed by atoms with E-state index in [1.165, 1.54) is 5.56 Å². The molecule has 1 heterocycles. The zero-order valence-electron chi connectivity index (χ0n) is 13.2. The average Bonchev–Trinajstić information content (AvgIpc) is 3.01. The molecule has 0 radical (unpaired) electrons. The van der Waals surface area contributed by atoms with Crippen LogP contribution in [0.25, 0.3) is 16.9 Å². The van der Waals surface area contributed by atoms with Gasteiger partial charge in [-0.1, -0.05) is 49.4 Å². The minimum Gasteiger partial charge on any atom is -0.476 e. The standard InChI is InChI=1S/C19H18N2O2/c1-3-14-8-10-15(11-9-14)18-12-16(19(22)23)20-21(18)17-7-5-4-6-13(17)2/h4-12H,3H2,1-2H3,(H,22,23). The second kappa shape index (κ2) is 6.08. The first-order chi connectivity index (χ1) is 11.1. The molecule has 23 heavy (non-hydrogen) atoms. The number of aryl methyl sites for hydroxylation is 2. The fraction of sp³-hybridized carbons (Fsp3) is 0.158. The van der Waals surface area contributed by atoms with Crippen molar-refractivity contribution in [2.24, 2.45) is 0 Å². The van der Waals surface area contributed by atoms with E-state index in [4.69, 9.17) is 0 Å². The number of aromatic carboxylic acids is 1. The van der Waals surface area contributed by atoms with Crippen LogP contribution in [-0.4, -0.2) is 20.9 Å². The zero-order valence-corrected chi connectivity index (χ0v) is 13.2. The molecule has 2 aromatic carbocycles. The summed E-state index contributed by atoms with van der Waals surface area (Å²) in [4.78, 5) is 11.3. The van der Waals surface area contributed by atoms with Crippen molar-refractivity contribution in [1.82, 2.24) is 9.78 Å². The summed E-state index contributed by atoms with van der Waals surface area (Å²) in [6.45, 7) is 4.09. The highest BCUT2D eigenvalue weighted by Gasteiger charge is 2.16. The van der Waals surface area contributed by atoms with Gasteiger partial charge in [-0.3, -0.25) is 0 Å². The van der Waals surface area contributed by atoms with Gasteiger partial charge in [-0.2, -0.15) is 5.10 Å². The first-order valence-corrected chi connectivity index (χ1v) is 7.59. The smallest absolute Gasteiger partial charge is 0.356 e. The fourth-order valence-corrected chi connectivity index (χ4v) is 2.59. The van der Waals surface area contributed by atoms with Gasteiger partial charge in [-0.15, -0.1) is 0 Å². The van der Waals surface area contributed by atoms with Gasteiger partial charge in [0, 0.05) is 5.56 Å². The summed E-state index contributed by atoms with van der Waals surface area (Å²) < 4.78 is 1.71.